The van der Waals surface area contributed by atoms with Gasteiger partial charge in [-0.1, -0.05) is 35.8 Å². The second kappa shape index (κ2) is 7.02. The van der Waals surface area contributed by atoms with E-state index in [0.29, 0.717) is 0 Å². The number of benzene rings is 1. The van der Waals surface area contributed by atoms with Crippen LogP contribution in [-0.2, 0) is 6.42 Å². The third-order valence-corrected chi connectivity index (χ3v) is 3.78. The summed E-state index contributed by atoms with van der Waals surface area (Å²) in [5.74, 6) is 0. The van der Waals surface area contributed by atoms with Crippen LogP contribution in [-0.4, -0.2) is 19.6 Å². The summed E-state index contributed by atoms with van der Waals surface area (Å²) in [4.78, 5) is 2.27. The lowest BCUT2D eigenvalue weighted by Gasteiger charge is -2.20. The Morgan fingerprint density at radius 1 is 1.35 bits per heavy atom. The number of hydrogen-bond acceptors (Lipinski definition) is 2. The molecule has 0 aliphatic heterocycles. The van der Waals surface area contributed by atoms with Crippen molar-refractivity contribution in [2.45, 2.75) is 39.2 Å². The molecule has 96 valence electrons. The van der Waals surface area contributed by atoms with Crippen LogP contribution >= 0.6 is 15.9 Å². The van der Waals surface area contributed by atoms with E-state index in [2.05, 4.69) is 59.9 Å². The fourth-order valence-electron chi connectivity index (χ4n) is 1.83. The van der Waals surface area contributed by atoms with Crippen LogP contribution in [0.25, 0.3) is 0 Å². The number of hydrogen-bond donors (Lipinski definition) is 1. The van der Waals surface area contributed by atoms with E-state index in [1.54, 1.807) is 0 Å². The predicted molar refractivity (Wildman–Crippen MR) is 79.7 cm³/mol. The molecule has 1 aromatic rings. The van der Waals surface area contributed by atoms with Gasteiger partial charge in [0, 0.05) is 29.8 Å². The normalized spacial score (nSPS) is 12.5. The fourth-order valence-corrected chi connectivity index (χ4v) is 2.36. The Bertz CT molecular complexity index is 352. The van der Waals surface area contributed by atoms with Gasteiger partial charge in [0.1, 0.15) is 0 Å². The Kier molecular flexibility index (Phi) is 6.00. The first-order valence-corrected chi connectivity index (χ1v) is 7.12. The van der Waals surface area contributed by atoms with Gasteiger partial charge in [-0.05, 0) is 37.0 Å². The van der Waals surface area contributed by atoms with E-state index in [4.69, 9.17) is 5.73 Å². The maximum absolute atomic E-state index is 5.99. The molecule has 1 atom stereocenters. The summed E-state index contributed by atoms with van der Waals surface area (Å²) < 4.78 is 1.17. The maximum atomic E-state index is 5.99. The first-order chi connectivity index (χ1) is 8.08. The van der Waals surface area contributed by atoms with Gasteiger partial charge in [-0.2, -0.15) is 0 Å². The summed E-state index contributed by atoms with van der Waals surface area (Å²) in [5.41, 5.74) is 8.54. The van der Waals surface area contributed by atoms with E-state index in [-0.39, 0.29) is 6.04 Å². The molecule has 0 aromatic heterocycles. The van der Waals surface area contributed by atoms with Crippen molar-refractivity contribution in [3.8, 4) is 0 Å². The second-order valence-electron chi connectivity index (χ2n) is 4.57. The van der Waals surface area contributed by atoms with Crippen LogP contribution in [0.5, 0.6) is 0 Å². The van der Waals surface area contributed by atoms with Gasteiger partial charge in [-0.3, -0.25) is 0 Å². The van der Waals surface area contributed by atoms with Gasteiger partial charge < -0.3 is 10.6 Å². The van der Waals surface area contributed by atoms with Crippen LogP contribution in [0, 0.1) is 0 Å². The molecule has 0 aliphatic rings. The van der Waals surface area contributed by atoms with Gasteiger partial charge in [0.25, 0.3) is 0 Å². The SMILES string of the molecule is CCCN(C)c1ccc(CC(N)CC)c(Br)c1. The Morgan fingerprint density at radius 2 is 2.06 bits per heavy atom. The minimum absolute atomic E-state index is 0.255. The van der Waals surface area contributed by atoms with Gasteiger partial charge in [-0.25, -0.2) is 0 Å². The van der Waals surface area contributed by atoms with Crippen molar-refractivity contribution in [3.05, 3.63) is 28.2 Å². The van der Waals surface area contributed by atoms with E-state index < -0.39 is 0 Å². The van der Waals surface area contributed by atoms with Crippen LogP contribution in [0.4, 0.5) is 5.69 Å². The van der Waals surface area contributed by atoms with E-state index >= 15 is 0 Å². The summed E-state index contributed by atoms with van der Waals surface area (Å²) in [6.07, 6.45) is 3.12. The number of rotatable bonds is 6. The largest absolute Gasteiger partial charge is 0.375 e. The van der Waals surface area contributed by atoms with Gasteiger partial charge in [0.05, 0.1) is 0 Å². The van der Waals surface area contributed by atoms with Gasteiger partial charge >= 0.3 is 0 Å². The van der Waals surface area contributed by atoms with Crippen LogP contribution in [0.15, 0.2) is 22.7 Å². The summed E-state index contributed by atoms with van der Waals surface area (Å²) in [7, 11) is 2.13. The lowest BCUT2D eigenvalue weighted by atomic mass is 10.0. The molecular weight excluding hydrogens is 276 g/mol. The van der Waals surface area contributed by atoms with Crippen LogP contribution in [0.1, 0.15) is 32.3 Å². The molecule has 0 bridgehead atoms. The van der Waals surface area contributed by atoms with Crippen molar-refractivity contribution in [1.29, 1.82) is 0 Å². The van der Waals surface area contributed by atoms with Crippen molar-refractivity contribution in [1.82, 2.24) is 0 Å². The zero-order chi connectivity index (χ0) is 12.8. The van der Waals surface area contributed by atoms with Crippen molar-refractivity contribution in [2.75, 3.05) is 18.5 Å². The topological polar surface area (TPSA) is 29.3 Å². The molecule has 0 fully saturated rings. The van der Waals surface area contributed by atoms with Crippen molar-refractivity contribution in [3.63, 3.8) is 0 Å². The third kappa shape index (κ3) is 4.32. The molecule has 17 heavy (non-hydrogen) atoms. The number of anilines is 1. The maximum Gasteiger partial charge on any atom is 0.0375 e. The standard InChI is InChI=1S/C14H23BrN2/c1-4-8-17(3)13-7-6-11(14(15)10-13)9-12(16)5-2/h6-7,10,12H,4-5,8-9,16H2,1-3H3. The molecule has 0 spiro atoms. The average molecular weight is 299 g/mol. The van der Waals surface area contributed by atoms with Gasteiger partial charge in [0.2, 0.25) is 0 Å². The van der Waals surface area contributed by atoms with Gasteiger partial charge in [-0.15, -0.1) is 0 Å². The number of halogens is 1. The molecule has 0 saturated heterocycles. The molecule has 0 amide bonds. The molecular formula is C14H23BrN2. The van der Waals surface area contributed by atoms with Crippen LogP contribution in [0.3, 0.4) is 0 Å². The summed E-state index contributed by atoms with van der Waals surface area (Å²) in [6.45, 7) is 5.41. The Hall–Kier alpha value is -0.540. The second-order valence-corrected chi connectivity index (χ2v) is 5.42. The van der Waals surface area contributed by atoms with Crippen LogP contribution in [0.2, 0.25) is 0 Å². The van der Waals surface area contributed by atoms with Crippen molar-refractivity contribution >= 4 is 21.6 Å². The first kappa shape index (κ1) is 14.5. The zero-order valence-electron chi connectivity index (χ0n) is 11.0. The molecule has 2 N–H and O–H groups in total. The minimum atomic E-state index is 0.255. The molecule has 0 saturated carbocycles. The smallest absolute Gasteiger partial charge is 0.0375 e. The Morgan fingerprint density at radius 3 is 2.59 bits per heavy atom. The molecule has 0 aliphatic carbocycles. The van der Waals surface area contributed by atoms with E-state index in [1.807, 2.05) is 0 Å². The highest BCUT2D eigenvalue weighted by molar-refractivity contribution is 9.10. The predicted octanol–water partition coefficient (Wildman–Crippen LogP) is 3.58. The first-order valence-electron chi connectivity index (χ1n) is 6.33. The van der Waals surface area contributed by atoms with Crippen molar-refractivity contribution < 1.29 is 0 Å². The fraction of sp³-hybridized carbons (Fsp3) is 0.571. The van der Waals surface area contributed by atoms with Crippen molar-refractivity contribution in [2.24, 2.45) is 5.73 Å². The molecule has 2 nitrogen and oxygen atoms in total. The number of nitrogens with zero attached hydrogens (tertiary/aromatic N) is 1. The summed E-state index contributed by atoms with van der Waals surface area (Å²) in [6, 6.07) is 6.80. The summed E-state index contributed by atoms with van der Waals surface area (Å²) >= 11 is 3.64. The zero-order valence-corrected chi connectivity index (χ0v) is 12.6. The molecule has 1 rings (SSSR count). The Labute approximate surface area is 113 Å². The number of nitrogens with two attached hydrogens (primary N) is 1. The molecule has 1 unspecified atom stereocenters. The highest BCUT2D eigenvalue weighted by Crippen LogP contribution is 2.24. The molecule has 1 aromatic carbocycles. The van der Waals surface area contributed by atoms with Gasteiger partial charge in [0.15, 0.2) is 0 Å². The lowest BCUT2D eigenvalue weighted by molar-refractivity contribution is 0.645. The lowest BCUT2D eigenvalue weighted by Crippen LogP contribution is -2.22. The monoisotopic (exact) mass is 298 g/mol. The highest BCUT2D eigenvalue weighted by atomic mass is 79.9. The third-order valence-electron chi connectivity index (χ3n) is 3.04. The van der Waals surface area contributed by atoms with E-state index in [0.717, 1.165) is 25.8 Å². The summed E-state index contributed by atoms with van der Waals surface area (Å²) in [5, 5.41) is 0. The van der Waals surface area contributed by atoms with E-state index in [9.17, 15) is 0 Å². The quantitative estimate of drug-likeness (QED) is 0.870. The highest BCUT2D eigenvalue weighted by Gasteiger charge is 2.07. The molecule has 3 heteroatoms. The molecule has 0 radical (unpaired) electrons. The molecule has 0 heterocycles. The van der Waals surface area contributed by atoms with Crippen LogP contribution < -0.4 is 10.6 Å². The Balaban J connectivity index is 2.78. The average Bonchev–Trinajstić information content (AvgIpc) is 2.31. The minimum Gasteiger partial charge on any atom is -0.375 e. The van der Waals surface area contributed by atoms with E-state index in [1.165, 1.54) is 15.7 Å².